The lowest BCUT2D eigenvalue weighted by Gasteiger charge is -2.11. The molecule has 4 aromatic rings. The van der Waals surface area contributed by atoms with E-state index < -0.39 is 17.5 Å². The monoisotopic (exact) mass is 460 g/mol. The molecule has 0 aromatic heterocycles. The van der Waals surface area contributed by atoms with Gasteiger partial charge in [0.25, 0.3) is 0 Å². The maximum absolute atomic E-state index is 14.7. The van der Waals surface area contributed by atoms with Crippen LogP contribution < -0.4 is 9.47 Å². The van der Waals surface area contributed by atoms with Gasteiger partial charge in [-0.3, -0.25) is 0 Å². The van der Waals surface area contributed by atoms with Gasteiger partial charge in [-0.1, -0.05) is 67.3 Å². The van der Waals surface area contributed by atoms with Crippen LogP contribution in [0.1, 0.15) is 18.1 Å². The van der Waals surface area contributed by atoms with Crippen molar-refractivity contribution >= 4 is 6.08 Å². The quantitative estimate of drug-likeness (QED) is 0.265. The van der Waals surface area contributed by atoms with E-state index in [0.29, 0.717) is 17.7 Å². The minimum atomic E-state index is -1.04. The van der Waals surface area contributed by atoms with Crippen molar-refractivity contribution in [2.24, 2.45) is 0 Å². The highest BCUT2D eigenvalue weighted by atomic mass is 19.2. The molecule has 5 heteroatoms. The molecular weight excluding hydrogens is 437 g/mol. The highest BCUT2D eigenvalue weighted by Gasteiger charge is 2.16. The Bertz CT molecular complexity index is 1300. The minimum Gasteiger partial charge on any atom is -0.491 e. The number of rotatable bonds is 8. The van der Waals surface area contributed by atoms with Crippen LogP contribution >= 0.6 is 0 Å². The summed E-state index contributed by atoms with van der Waals surface area (Å²) in [6.07, 6.45) is 1.68. The van der Waals surface area contributed by atoms with Gasteiger partial charge >= 0.3 is 0 Å². The van der Waals surface area contributed by atoms with Gasteiger partial charge in [0.15, 0.2) is 23.1 Å². The normalized spacial score (nSPS) is 10.7. The number of benzene rings is 4. The first-order chi connectivity index (χ1) is 16.5. The molecule has 4 aromatic carbocycles. The predicted octanol–water partition coefficient (Wildman–Crippen LogP) is 8.06. The Hall–Kier alpha value is -3.99. The molecule has 2 nitrogen and oxygen atoms in total. The van der Waals surface area contributed by atoms with E-state index in [1.54, 1.807) is 61.5 Å². The largest absolute Gasteiger partial charge is 0.491 e. The summed E-state index contributed by atoms with van der Waals surface area (Å²) in [6.45, 7) is 5.93. The predicted molar refractivity (Wildman–Crippen MR) is 129 cm³/mol. The minimum absolute atomic E-state index is 0.0572. The van der Waals surface area contributed by atoms with E-state index in [-0.39, 0.29) is 23.7 Å². The summed E-state index contributed by atoms with van der Waals surface area (Å²) < 4.78 is 54.2. The molecule has 0 fully saturated rings. The third-order valence-electron chi connectivity index (χ3n) is 5.42. The van der Waals surface area contributed by atoms with Crippen molar-refractivity contribution in [3.63, 3.8) is 0 Å². The molecule has 4 rings (SSSR count). The van der Waals surface area contributed by atoms with E-state index in [4.69, 9.17) is 9.47 Å². The van der Waals surface area contributed by atoms with Crippen molar-refractivity contribution in [1.29, 1.82) is 0 Å². The molecule has 0 saturated carbocycles. The molecule has 0 aliphatic carbocycles. The zero-order valence-electron chi connectivity index (χ0n) is 18.7. The van der Waals surface area contributed by atoms with Crippen LogP contribution in [0.5, 0.6) is 11.5 Å². The fourth-order valence-corrected chi connectivity index (χ4v) is 3.57. The summed E-state index contributed by atoms with van der Waals surface area (Å²) in [4.78, 5) is 0. The van der Waals surface area contributed by atoms with Crippen molar-refractivity contribution in [2.45, 2.75) is 13.5 Å². The average Bonchev–Trinajstić information content (AvgIpc) is 2.87. The summed E-state index contributed by atoms with van der Waals surface area (Å²) in [5.74, 6) is -2.38. The van der Waals surface area contributed by atoms with Gasteiger partial charge in [0.2, 0.25) is 5.82 Å². The van der Waals surface area contributed by atoms with E-state index >= 15 is 0 Å². The lowest BCUT2D eigenvalue weighted by molar-refractivity contribution is 0.285. The van der Waals surface area contributed by atoms with Crippen LogP contribution in [-0.2, 0) is 6.61 Å². The third kappa shape index (κ3) is 4.99. The van der Waals surface area contributed by atoms with Gasteiger partial charge in [-0.2, -0.15) is 4.39 Å². The summed E-state index contributed by atoms with van der Waals surface area (Å²) in [5, 5.41) is 0. The number of hydrogen-bond acceptors (Lipinski definition) is 2. The Balaban J connectivity index is 1.45. The van der Waals surface area contributed by atoms with Gasteiger partial charge < -0.3 is 9.47 Å². The van der Waals surface area contributed by atoms with Crippen molar-refractivity contribution < 1.29 is 22.6 Å². The summed E-state index contributed by atoms with van der Waals surface area (Å²) in [6, 6.07) is 22.0. The highest BCUT2D eigenvalue weighted by Crippen LogP contribution is 2.31. The molecule has 0 unspecified atom stereocenters. The summed E-state index contributed by atoms with van der Waals surface area (Å²) in [7, 11) is 0. The van der Waals surface area contributed by atoms with Crippen LogP contribution in [-0.4, -0.2) is 6.61 Å². The molecule has 0 atom stereocenters. The van der Waals surface area contributed by atoms with Crippen LogP contribution in [0.3, 0.4) is 0 Å². The second kappa shape index (κ2) is 10.3. The van der Waals surface area contributed by atoms with Crippen molar-refractivity contribution in [2.75, 3.05) is 6.61 Å². The van der Waals surface area contributed by atoms with Gasteiger partial charge in [0.05, 0.1) is 6.61 Å². The Morgan fingerprint density at radius 1 is 0.706 bits per heavy atom. The SMILES string of the molecule is C=Cc1ccc(-c2ccc(OCc3ccc(-c4ccc(OCC)c(F)c4)cc3)c(F)c2F)cc1. The molecule has 0 N–H and O–H groups in total. The standard InChI is InChI=1S/C29H23F3O2/c1-3-19-5-11-22(12-6-19)24-14-16-27(29(32)28(24)31)34-18-20-7-9-21(10-8-20)23-13-15-26(33-4-2)25(30)17-23/h3,5-17H,1,4,18H2,2H3. The maximum atomic E-state index is 14.7. The van der Waals surface area contributed by atoms with Crippen molar-refractivity contribution in [1.82, 2.24) is 0 Å². The third-order valence-corrected chi connectivity index (χ3v) is 5.42. The summed E-state index contributed by atoms with van der Waals surface area (Å²) in [5.41, 5.74) is 3.90. The molecule has 0 radical (unpaired) electrons. The van der Waals surface area contributed by atoms with Crippen LogP contribution in [0.25, 0.3) is 28.3 Å². The Morgan fingerprint density at radius 2 is 1.35 bits per heavy atom. The van der Waals surface area contributed by atoms with E-state index in [2.05, 4.69) is 6.58 Å². The molecule has 172 valence electrons. The molecule has 0 amide bonds. The lowest BCUT2D eigenvalue weighted by Crippen LogP contribution is -2.00. The smallest absolute Gasteiger partial charge is 0.201 e. The van der Waals surface area contributed by atoms with Gasteiger partial charge in [-0.05, 0) is 59.0 Å². The van der Waals surface area contributed by atoms with E-state index in [9.17, 15) is 13.2 Å². The second-order valence-electron chi connectivity index (χ2n) is 7.63. The Labute approximate surface area is 196 Å². The molecule has 0 aliphatic heterocycles. The Morgan fingerprint density at radius 3 is 2.00 bits per heavy atom. The number of halogens is 3. The molecule has 0 heterocycles. The summed E-state index contributed by atoms with van der Waals surface area (Å²) >= 11 is 0. The lowest BCUT2D eigenvalue weighted by atomic mass is 10.0. The first kappa shape index (κ1) is 23.2. The zero-order chi connectivity index (χ0) is 24.1. The van der Waals surface area contributed by atoms with Gasteiger partial charge in [0, 0.05) is 5.56 Å². The van der Waals surface area contributed by atoms with Crippen molar-refractivity contribution in [3.05, 3.63) is 114 Å². The first-order valence-electron chi connectivity index (χ1n) is 10.9. The van der Waals surface area contributed by atoms with Gasteiger partial charge in [-0.25, -0.2) is 8.78 Å². The topological polar surface area (TPSA) is 18.5 Å². The van der Waals surface area contributed by atoms with Crippen LogP contribution in [0.2, 0.25) is 0 Å². The van der Waals surface area contributed by atoms with Gasteiger partial charge in [0.1, 0.15) is 6.61 Å². The second-order valence-corrected chi connectivity index (χ2v) is 7.63. The van der Waals surface area contributed by atoms with E-state index in [1.807, 2.05) is 12.1 Å². The zero-order valence-corrected chi connectivity index (χ0v) is 18.7. The van der Waals surface area contributed by atoms with E-state index in [0.717, 1.165) is 16.7 Å². The number of ether oxygens (including phenoxy) is 2. The molecule has 0 bridgehead atoms. The molecule has 0 saturated heterocycles. The Kier molecular flexibility index (Phi) is 7.02. The average molecular weight is 460 g/mol. The highest BCUT2D eigenvalue weighted by molar-refractivity contribution is 5.67. The number of hydrogen-bond donors (Lipinski definition) is 0. The maximum Gasteiger partial charge on any atom is 0.201 e. The molecule has 34 heavy (non-hydrogen) atoms. The first-order valence-corrected chi connectivity index (χ1v) is 10.9. The fourth-order valence-electron chi connectivity index (χ4n) is 3.57. The molecule has 0 aliphatic rings. The van der Waals surface area contributed by atoms with E-state index in [1.165, 1.54) is 18.2 Å². The molecular formula is C29H23F3O2. The van der Waals surface area contributed by atoms with Crippen LogP contribution in [0, 0.1) is 17.5 Å². The fraction of sp³-hybridized carbons (Fsp3) is 0.103. The molecule has 0 spiro atoms. The van der Waals surface area contributed by atoms with Crippen LogP contribution in [0.15, 0.2) is 85.4 Å². The van der Waals surface area contributed by atoms with Gasteiger partial charge in [-0.15, -0.1) is 0 Å². The van der Waals surface area contributed by atoms with Crippen LogP contribution in [0.4, 0.5) is 13.2 Å². The van der Waals surface area contributed by atoms with Crippen molar-refractivity contribution in [3.8, 4) is 33.8 Å².